The molecule has 0 aliphatic carbocycles. The number of hydrogen-bond acceptors (Lipinski definition) is 5. The number of hydrogen-bond donors (Lipinski definition) is 2. The smallest absolute Gasteiger partial charge is 0.244 e. The predicted molar refractivity (Wildman–Crippen MR) is 70.5 cm³/mol. The molecule has 3 N–H and O–H groups in total. The van der Waals surface area contributed by atoms with Gasteiger partial charge in [-0.1, -0.05) is 0 Å². The number of nitrogen functional groups attached to an aromatic ring is 1. The first kappa shape index (κ1) is 15.3. The van der Waals surface area contributed by atoms with E-state index in [0.717, 1.165) is 6.07 Å². The molecule has 0 bridgehead atoms. The highest BCUT2D eigenvalue weighted by Gasteiger charge is 2.23. The summed E-state index contributed by atoms with van der Waals surface area (Å²) >= 11 is 0. The molecule has 1 aromatic heterocycles. The topological polar surface area (TPSA) is 103 Å². The molecule has 0 amide bonds. The van der Waals surface area contributed by atoms with Crippen molar-refractivity contribution in [2.45, 2.75) is 24.9 Å². The number of nitrogens with zero attached hydrogens (tertiary/aromatic N) is 3. The van der Waals surface area contributed by atoms with Gasteiger partial charge in [-0.3, -0.25) is 0 Å². The van der Waals surface area contributed by atoms with Crippen molar-refractivity contribution in [3.8, 4) is 0 Å². The van der Waals surface area contributed by atoms with Crippen LogP contribution >= 0.6 is 0 Å². The first-order valence-electron chi connectivity index (χ1n) is 5.96. The van der Waals surface area contributed by atoms with Gasteiger partial charge in [0.05, 0.1) is 6.54 Å². The van der Waals surface area contributed by atoms with Crippen molar-refractivity contribution in [3.63, 3.8) is 0 Å². The lowest BCUT2D eigenvalue weighted by Gasteiger charge is -2.09. The zero-order chi connectivity index (χ0) is 15.6. The van der Waals surface area contributed by atoms with Crippen molar-refractivity contribution in [3.05, 3.63) is 35.9 Å². The van der Waals surface area contributed by atoms with E-state index in [1.807, 2.05) is 6.92 Å². The third-order valence-corrected chi connectivity index (χ3v) is 4.16. The monoisotopic (exact) mass is 317 g/mol. The highest BCUT2D eigenvalue weighted by Crippen LogP contribution is 2.21. The number of aryl methyl sites for hydroxylation is 1. The fourth-order valence-electron chi connectivity index (χ4n) is 1.70. The van der Waals surface area contributed by atoms with Gasteiger partial charge in [0.25, 0.3) is 0 Å². The highest BCUT2D eigenvalue weighted by atomic mass is 32.2. The molecule has 0 aliphatic rings. The molecule has 2 rings (SSSR count). The van der Waals surface area contributed by atoms with E-state index in [1.165, 1.54) is 6.33 Å². The van der Waals surface area contributed by atoms with E-state index in [-0.39, 0.29) is 12.2 Å². The lowest BCUT2D eigenvalue weighted by atomic mass is 10.3. The van der Waals surface area contributed by atoms with Gasteiger partial charge in [-0.05, 0) is 19.1 Å². The van der Waals surface area contributed by atoms with Crippen LogP contribution in [0.4, 0.5) is 14.5 Å². The Hall–Kier alpha value is -2.07. The summed E-state index contributed by atoms with van der Waals surface area (Å²) in [6.45, 7) is 2.17. The number of rotatable bonds is 5. The lowest BCUT2D eigenvalue weighted by molar-refractivity contribution is 0.483. The fraction of sp³-hybridized carbons (Fsp3) is 0.273. The summed E-state index contributed by atoms with van der Waals surface area (Å²) in [7, 11) is -4.26. The summed E-state index contributed by atoms with van der Waals surface area (Å²) in [4.78, 5) is -0.845. The molecular weight excluding hydrogens is 304 g/mol. The number of benzene rings is 1. The Morgan fingerprint density at radius 2 is 2.10 bits per heavy atom. The molecule has 10 heteroatoms. The van der Waals surface area contributed by atoms with Gasteiger partial charge in [0.1, 0.15) is 17.0 Å². The van der Waals surface area contributed by atoms with Gasteiger partial charge in [-0.2, -0.15) is 0 Å². The minimum absolute atomic E-state index is 0.189. The zero-order valence-electron chi connectivity index (χ0n) is 11.0. The largest absolute Gasteiger partial charge is 0.399 e. The van der Waals surface area contributed by atoms with Gasteiger partial charge in [0.15, 0.2) is 11.6 Å². The molecule has 0 spiro atoms. The van der Waals surface area contributed by atoms with Crippen molar-refractivity contribution < 1.29 is 17.2 Å². The quantitative estimate of drug-likeness (QED) is 0.788. The molecule has 0 unspecified atom stereocenters. The number of sulfonamides is 1. The van der Waals surface area contributed by atoms with Crippen LogP contribution in [-0.4, -0.2) is 23.2 Å². The maximum Gasteiger partial charge on any atom is 0.244 e. The Labute approximate surface area is 119 Å². The van der Waals surface area contributed by atoms with E-state index in [4.69, 9.17) is 5.73 Å². The van der Waals surface area contributed by atoms with Crippen LogP contribution in [0.5, 0.6) is 0 Å². The number of nitrogens with one attached hydrogen (secondary N) is 1. The van der Waals surface area contributed by atoms with Crippen LogP contribution < -0.4 is 10.5 Å². The summed E-state index contributed by atoms with van der Waals surface area (Å²) in [5.74, 6) is -2.45. The molecule has 114 valence electrons. The summed E-state index contributed by atoms with van der Waals surface area (Å²) in [6, 6.07) is 1.56. The molecule has 1 heterocycles. The van der Waals surface area contributed by atoms with E-state index in [0.29, 0.717) is 18.4 Å². The molecule has 0 aliphatic heterocycles. The molecule has 2 aromatic rings. The first-order chi connectivity index (χ1) is 9.85. The summed E-state index contributed by atoms with van der Waals surface area (Å²) in [5.41, 5.74) is 5.15. The minimum atomic E-state index is -4.26. The Balaban J connectivity index is 2.27. The van der Waals surface area contributed by atoms with Crippen molar-refractivity contribution >= 4 is 15.7 Å². The van der Waals surface area contributed by atoms with Crippen molar-refractivity contribution in [2.75, 3.05) is 5.73 Å². The van der Waals surface area contributed by atoms with E-state index < -0.39 is 26.6 Å². The van der Waals surface area contributed by atoms with E-state index in [9.17, 15) is 17.2 Å². The normalized spacial score (nSPS) is 11.8. The van der Waals surface area contributed by atoms with Crippen LogP contribution in [0, 0.1) is 11.6 Å². The number of nitrogens with two attached hydrogens (primary N) is 1. The highest BCUT2D eigenvalue weighted by molar-refractivity contribution is 7.89. The predicted octanol–water partition coefficient (Wildman–Crippen LogP) is 0.637. The van der Waals surface area contributed by atoms with Crippen LogP contribution in [0.25, 0.3) is 0 Å². The number of anilines is 1. The maximum absolute atomic E-state index is 13.6. The summed E-state index contributed by atoms with van der Waals surface area (Å²) in [6.07, 6.45) is 1.43. The average molecular weight is 317 g/mol. The third kappa shape index (κ3) is 3.16. The zero-order valence-corrected chi connectivity index (χ0v) is 11.9. The van der Waals surface area contributed by atoms with Gasteiger partial charge in [0.2, 0.25) is 10.0 Å². The van der Waals surface area contributed by atoms with E-state index >= 15 is 0 Å². The van der Waals surface area contributed by atoms with Crippen LogP contribution in [0.2, 0.25) is 0 Å². The molecule has 0 saturated carbocycles. The van der Waals surface area contributed by atoms with Crippen molar-refractivity contribution in [1.82, 2.24) is 19.5 Å². The van der Waals surface area contributed by atoms with E-state index in [2.05, 4.69) is 14.9 Å². The molecule has 0 fully saturated rings. The van der Waals surface area contributed by atoms with Gasteiger partial charge in [-0.15, -0.1) is 10.2 Å². The van der Waals surface area contributed by atoms with Gasteiger partial charge < -0.3 is 10.3 Å². The van der Waals surface area contributed by atoms with Crippen LogP contribution in [0.15, 0.2) is 23.4 Å². The lowest BCUT2D eigenvalue weighted by Crippen LogP contribution is -2.26. The van der Waals surface area contributed by atoms with Gasteiger partial charge in [-0.25, -0.2) is 21.9 Å². The molecule has 7 nitrogen and oxygen atoms in total. The second-order valence-corrected chi connectivity index (χ2v) is 5.91. The van der Waals surface area contributed by atoms with Gasteiger partial charge in [0, 0.05) is 12.2 Å². The van der Waals surface area contributed by atoms with E-state index in [1.54, 1.807) is 4.57 Å². The number of halogens is 2. The molecule has 0 radical (unpaired) electrons. The first-order valence-corrected chi connectivity index (χ1v) is 7.44. The van der Waals surface area contributed by atoms with Gasteiger partial charge >= 0.3 is 0 Å². The second kappa shape index (κ2) is 5.74. The standard InChI is InChI=1S/C11H13F2N5O2S/c1-2-18-6-15-17-10(18)5-16-21(19,20)9-4-7(14)3-8(12)11(9)13/h3-4,6,16H,2,5,14H2,1H3. The van der Waals surface area contributed by atoms with Crippen molar-refractivity contribution in [1.29, 1.82) is 0 Å². The SMILES string of the molecule is CCn1cnnc1CNS(=O)(=O)c1cc(N)cc(F)c1F. The Morgan fingerprint density at radius 3 is 2.76 bits per heavy atom. The fourth-order valence-corrected chi connectivity index (χ4v) is 2.80. The van der Waals surface area contributed by atoms with Crippen molar-refractivity contribution in [2.24, 2.45) is 0 Å². The minimum Gasteiger partial charge on any atom is -0.399 e. The Kier molecular flexibility index (Phi) is 4.19. The molecule has 0 atom stereocenters. The molecular formula is C11H13F2N5O2S. The second-order valence-electron chi connectivity index (χ2n) is 4.17. The molecule has 0 saturated heterocycles. The Bertz CT molecular complexity index is 760. The Morgan fingerprint density at radius 1 is 1.38 bits per heavy atom. The van der Waals surface area contributed by atoms with Crippen LogP contribution in [0.1, 0.15) is 12.7 Å². The van der Waals surface area contributed by atoms with Crippen LogP contribution in [0.3, 0.4) is 0 Å². The average Bonchev–Trinajstić information content (AvgIpc) is 2.88. The maximum atomic E-state index is 13.6. The number of aromatic nitrogens is 3. The summed E-state index contributed by atoms with van der Waals surface area (Å²) < 4.78 is 54.6. The van der Waals surface area contributed by atoms with Crippen LogP contribution in [-0.2, 0) is 23.1 Å². The third-order valence-electron chi connectivity index (χ3n) is 2.76. The molecule has 1 aromatic carbocycles. The molecule has 21 heavy (non-hydrogen) atoms. The summed E-state index contributed by atoms with van der Waals surface area (Å²) in [5, 5.41) is 7.37.